The Balaban J connectivity index is 1.67. The molecule has 0 aliphatic heterocycles. The highest BCUT2D eigenvalue weighted by Crippen LogP contribution is 2.29. The third-order valence-corrected chi connectivity index (χ3v) is 7.45. The zero-order chi connectivity index (χ0) is 30.0. The van der Waals surface area contributed by atoms with Gasteiger partial charge in [0, 0.05) is 22.9 Å². The van der Waals surface area contributed by atoms with Crippen molar-refractivity contribution in [2.75, 3.05) is 0 Å². The summed E-state index contributed by atoms with van der Waals surface area (Å²) in [7, 11) is 0. The molecule has 4 N–H and O–H groups in total. The predicted molar refractivity (Wildman–Crippen MR) is 162 cm³/mol. The molecule has 0 radical (unpaired) electrons. The second-order valence-electron chi connectivity index (χ2n) is 11.5. The standard InChI is InChI=1S/C33H40ClN3O4/c1-22(24-13-7-5-8-14-24)35-32(40)30(33(2,3)4)36-31(39)26(21-29(38)37-41)17-11-12-23-18-19-27(28(34)20-23)25-15-9-6-10-16-25/h5-10,13-16,18-20,22,26,30,41H,11-12,17,21H2,1-4H3,(H,35,40)(H,36,39)(H,37,38)/t22?,26-,30-/m1/s1. The van der Waals surface area contributed by atoms with Crippen LogP contribution in [0.2, 0.25) is 5.02 Å². The molecule has 3 rings (SSSR count). The predicted octanol–water partition coefficient (Wildman–Crippen LogP) is 6.25. The SMILES string of the molecule is CC(NC(=O)[C@@H](NC(=O)[C@H](CCCc1ccc(-c2ccccc2)c(Cl)c1)CC(=O)NO)C(C)(C)C)c1ccccc1. The number of nitrogens with one attached hydrogen (secondary N) is 3. The number of aryl methyl sites for hydroxylation is 1. The summed E-state index contributed by atoms with van der Waals surface area (Å²) in [5.41, 5.74) is 4.98. The van der Waals surface area contributed by atoms with Crippen molar-refractivity contribution in [3.8, 4) is 11.1 Å². The molecule has 8 heteroatoms. The fourth-order valence-electron chi connectivity index (χ4n) is 4.77. The largest absolute Gasteiger partial charge is 0.348 e. The van der Waals surface area contributed by atoms with Crippen molar-refractivity contribution in [2.45, 2.75) is 65.5 Å². The second kappa shape index (κ2) is 14.8. The highest BCUT2D eigenvalue weighted by atomic mass is 35.5. The van der Waals surface area contributed by atoms with Crippen molar-refractivity contribution in [1.29, 1.82) is 0 Å². The van der Waals surface area contributed by atoms with Gasteiger partial charge in [0.1, 0.15) is 6.04 Å². The van der Waals surface area contributed by atoms with Crippen LogP contribution in [0, 0.1) is 11.3 Å². The van der Waals surface area contributed by atoms with E-state index >= 15 is 0 Å². The molecule has 3 amide bonds. The lowest BCUT2D eigenvalue weighted by molar-refractivity contribution is -0.137. The van der Waals surface area contributed by atoms with Crippen LogP contribution in [-0.4, -0.2) is 29.0 Å². The number of benzene rings is 3. The molecule has 0 aliphatic carbocycles. The lowest BCUT2D eigenvalue weighted by atomic mass is 9.85. The van der Waals surface area contributed by atoms with E-state index in [-0.39, 0.29) is 18.4 Å². The minimum absolute atomic E-state index is 0.199. The molecule has 0 saturated heterocycles. The molecule has 0 bridgehead atoms. The van der Waals surface area contributed by atoms with E-state index in [9.17, 15) is 14.4 Å². The molecule has 0 aliphatic rings. The fraction of sp³-hybridized carbons (Fsp3) is 0.364. The van der Waals surface area contributed by atoms with Crippen LogP contribution in [0.1, 0.15) is 64.1 Å². The van der Waals surface area contributed by atoms with Crippen LogP contribution < -0.4 is 16.1 Å². The molecule has 3 aromatic rings. The summed E-state index contributed by atoms with van der Waals surface area (Å²) in [6, 6.07) is 24.3. The molecule has 0 aromatic heterocycles. The van der Waals surface area contributed by atoms with Crippen LogP contribution in [0.15, 0.2) is 78.9 Å². The Morgan fingerprint density at radius 3 is 2.10 bits per heavy atom. The number of amides is 3. The van der Waals surface area contributed by atoms with Crippen LogP contribution >= 0.6 is 11.6 Å². The average Bonchev–Trinajstić information content (AvgIpc) is 2.95. The smallest absolute Gasteiger partial charge is 0.244 e. The third kappa shape index (κ3) is 9.44. The van der Waals surface area contributed by atoms with Crippen molar-refractivity contribution in [3.63, 3.8) is 0 Å². The summed E-state index contributed by atoms with van der Waals surface area (Å²) in [5, 5.41) is 15.7. The first kappa shape index (κ1) is 31.8. The summed E-state index contributed by atoms with van der Waals surface area (Å²) in [6.45, 7) is 7.52. The number of halogens is 1. The van der Waals surface area contributed by atoms with Gasteiger partial charge in [0.2, 0.25) is 17.7 Å². The van der Waals surface area contributed by atoms with Gasteiger partial charge < -0.3 is 10.6 Å². The Bertz CT molecular complexity index is 1310. The molecule has 3 atom stereocenters. The van der Waals surface area contributed by atoms with Crippen molar-refractivity contribution in [1.82, 2.24) is 16.1 Å². The van der Waals surface area contributed by atoms with Crippen LogP contribution in [0.5, 0.6) is 0 Å². The number of carbonyl (C=O) groups is 3. The minimum Gasteiger partial charge on any atom is -0.348 e. The summed E-state index contributed by atoms with van der Waals surface area (Å²) >= 11 is 6.57. The molecular weight excluding hydrogens is 538 g/mol. The maximum Gasteiger partial charge on any atom is 0.244 e. The van der Waals surface area contributed by atoms with Gasteiger partial charge in [0.05, 0.1) is 6.04 Å². The first-order chi connectivity index (χ1) is 19.5. The third-order valence-electron chi connectivity index (χ3n) is 7.14. The van der Waals surface area contributed by atoms with Crippen molar-refractivity contribution in [2.24, 2.45) is 11.3 Å². The zero-order valence-electron chi connectivity index (χ0n) is 24.1. The molecule has 0 spiro atoms. The number of hydroxylamine groups is 1. The van der Waals surface area contributed by atoms with E-state index in [0.717, 1.165) is 22.3 Å². The van der Waals surface area contributed by atoms with E-state index in [1.807, 2.05) is 107 Å². The van der Waals surface area contributed by atoms with E-state index in [4.69, 9.17) is 16.8 Å². The lowest BCUT2D eigenvalue weighted by Crippen LogP contribution is -2.55. The topological polar surface area (TPSA) is 108 Å². The molecule has 0 heterocycles. The highest BCUT2D eigenvalue weighted by molar-refractivity contribution is 6.33. The van der Waals surface area contributed by atoms with Crippen molar-refractivity contribution in [3.05, 3.63) is 95.0 Å². The van der Waals surface area contributed by atoms with Gasteiger partial charge in [-0.3, -0.25) is 19.6 Å². The van der Waals surface area contributed by atoms with Gasteiger partial charge in [0.25, 0.3) is 0 Å². The molecule has 218 valence electrons. The van der Waals surface area contributed by atoms with Gasteiger partial charge in [-0.15, -0.1) is 0 Å². The molecule has 41 heavy (non-hydrogen) atoms. The Kier molecular flexibility index (Phi) is 11.5. The van der Waals surface area contributed by atoms with Crippen molar-refractivity contribution >= 4 is 29.3 Å². The molecule has 0 fully saturated rings. The maximum atomic E-state index is 13.4. The minimum atomic E-state index is -0.829. The summed E-state index contributed by atoms with van der Waals surface area (Å²) in [5.74, 6) is -2.10. The van der Waals surface area contributed by atoms with Gasteiger partial charge in [-0.2, -0.15) is 0 Å². The summed E-state index contributed by atoms with van der Waals surface area (Å²) < 4.78 is 0. The average molecular weight is 578 g/mol. The van der Waals surface area contributed by atoms with E-state index < -0.39 is 29.2 Å². The van der Waals surface area contributed by atoms with Gasteiger partial charge >= 0.3 is 0 Å². The molecule has 0 saturated carbocycles. The van der Waals surface area contributed by atoms with E-state index in [0.29, 0.717) is 24.3 Å². The lowest BCUT2D eigenvalue weighted by Gasteiger charge is -2.32. The van der Waals surface area contributed by atoms with E-state index in [1.165, 1.54) is 0 Å². The van der Waals surface area contributed by atoms with Gasteiger partial charge in [-0.05, 0) is 54.4 Å². The van der Waals surface area contributed by atoms with Gasteiger partial charge in [-0.1, -0.05) is 105 Å². The molecule has 7 nitrogen and oxygen atoms in total. The first-order valence-electron chi connectivity index (χ1n) is 13.9. The number of hydrogen-bond acceptors (Lipinski definition) is 4. The van der Waals surface area contributed by atoms with Gasteiger partial charge in [0.15, 0.2) is 0 Å². The van der Waals surface area contributed by atoms with Crippen LogP contribution in [0.4, 0.5) is 0 Å². The van der Waals surface area contributed by atoms with E-state index in [1.54, 1.807) is 5.48 Å². The Morgan fingerprint density at radius 2 is 1.51 bits per heavy atom. The zero-order valence-corrected chi connectivity index (χ0v) is 24.9. The molecular formula is C33H40ClN3O4. The van der Waals surface area contributed by atoms with Crippen LogP contribution in [-0.2, 0) is 20.8 Å². The summed E-state index contributed by atoms with van der Waals surface area (Å²) in [6.07, 6.45) is 1.44. The van der Waals surface area contributed by atoms with Crippen LogP contribution in [0.3, 0.4) is 0 Å². The Morgan fingerprint density at radius 1 is 0.878 bits per heavy atom. The number of carbonyl (C=O) groups excluding carboxylic acids is 3. The molecule has 3 aromatic carbocycles. The quantitative estimate of drug-likeness (QED) is 0.151. The Labute approximate surface area is 247 Å². The monoisotopic (exact) mass is 577 g/mol. The fourth-order valence-corrected chi connectivity index (χ4v) is 5.08. The number of rotatable bonds is 12. The normalized spacial score (nSPS) is 13.5. The Hall–Kier alpha value is -3.68. The second-order valence-corrected chi connectivity index (χ2v) is 11.9. The number of hydrogen-bond donors (Lipinski definition) is 4. The first-order valence-corrected chi connectivity index (χ1v) is 14.3. The van der Waals surface area contributed by atoms with Crippen LogP contribution in [0.25, 0.3) is 11.1 Å². The van der Waals surface area contributed by atoms with Crippen molar-refractivity contribution < 1.29 is 19.6 Å². The highest BCUT2D eigenvalue weighted by Gasteiger charge is 2.35. The molecule has 1 unspecified atom stereocenters. The van der Waals surface area contributed by atoms with Gasteiger partial charge in [-0.25, -0.2) is 5.48 Å². The van der Waals surface area contributed by atoms with E-state index in [2.05, 4.69) is 10.6 Å². The maximum absolute atomic E-state index is 13.4. The summed E-state index contributed by atoms with van der Waals surface area (Å²) in [4.78, 5) is 38.8.